The molecule has 13 atom stereocenters. The van der Waals surface area contributed by atoms with Gasteiger partial charge in [0.15, 0.2) is 5.54 Å². The second-order valence-electron chi connectivity index (χ2n) is 28.1. The van der Waals surface area contributed by atoms with Crippen molar-refractivity contribution in [2.45, 2.75) is 211 Å². The number of nitrogens with one attached hydrogen (secondary N) is 6. The largest absolute Gasteiger partial charge is 0.390 e. The standard InChI is InChI=1S/C69H102N12O13/c1-15-42(8)56-64(91)77(12)50(33-39(2)3)59(86)70-38-54(84)76(11)52(35-41(6)7)63(90)81-32-24-29-49(81)61(88)75-69(43(9)82)46-28-21-20-27-45(46)36-47(72-67(69)94)58(85)71-48(62(89)80-30-22-17-23-31-80)37-53(83)79(14)68(10)55(44-25-18-16-19-26-44)57(74-66(68)93)65(92)78(13)51(34-40(4)5)60(87)73-56/h16,18-21,25-28,39-43,47-52,55-57,82H,15,17,22-24,29-38H2,1-14H3,(H,70,86)(H,71,85)(H,72,94)(H,73,87)(H,74,93)(H,75,88)/t42-,43+,47-,48-,49-,50-,51-,52-,55?,56-,57-,68-,69+/m0/s1. The van der Waals surface area contributed by atoms with Crippen LogP contribution in [0.3, 0.4) is 0 Å². The van der Waals surface area contributed by atoms with Crippen molar-refractivity contribution in [1.29, 1.82) is 0 Å². The first-order valence-electron chi connectivity index (χ1n) is 33.6. The zero-order valence-corrected chi connectivity index (χ0v) is 57.4. The van der Waals surface area contributed by atoms with Crippen molar-refractivity contribution in [3.8, 4) is 0 Å². The molecule has 5 heterocycles. The van der Waals surface area contributed by atoms with E-state index in [4.69, 9.17) is 0 Å². The average Bonchev–Trinajstić information content (AvgIpc) is 1.55. The predicted molar refractivity (Wildman–Crippen MR) is 350 cm³/mol. The Labute approximate surface area is 553 Å². The molecule has 94 heavy (non-hydrogen) atoms. The first-order valence-corrected chi connectivity index (χ1v) is 33.6. The van der Waals surface area contributed by atoms with Crippen LogP contribution in [0.25, 0.3) is 0 Å². The number of nitrogens with zero attached hydrogens (tertiary/aromatic N) is 6. The van der Waals surface area contributed by atoms with Crippen LogP contribution in [0.5, 0.6) is 0 Å². The maximum Gasteiger partial charge on any atom is 0.253 e. The number of aliphatic hydroxyl groups is 1. The quantitative estimate of drug-likeness (QED) is 0.170. The predicted octanol–water partition coefficient (Wildman–Crippen LogP) is 2.08. The summed E-state index contributed by atoms with van der Waals surface area (Å²) in [6.45, 7) is 17.8. The van der Waals surface area contributed by atoms with Gasteiger partial charge in [0, 0.05) is 60.2 Å². The van der Waals surface area contributed by atoms with Gasteiger partial charge in [-0.25, -0.2) is 0 Å². The third kappa shape index (κ3) is 15.6. The van der Waals surface area contributed by atoms with Gasteiger partial charge in [-0.05, 0) is 106 Å². The fourth-order valence-electron chi connectivity index (χ4n) is 14.2. The van der Waals surface area contributed by atoms with Gasteiger partial charge in [-0.3, -0.25) is 57.5 Å². The van der Waals surface area contributed by atoms with E-state index in [1.54, 1.807) is 66.4 Å². The summed E-state index contributed by atoms with van der Waals surface area (Å²) in [5.74, 6) is -10.8. The van der Waals surface area contributed by atoms with Crippen molar-refractivity contribution < 1.29 is 62.6 Å². The van der Waals surface area contributed by atoms with Gasteiger partial charge in [-0.1, -0.05) is 116 Å². The minimum absolute atomic E-state index is 0.0930. The van der Waals surface area contributed by atoms with Gasteiger partial charge < -0.3 is 66.4 Å². The molecule has 7 N–H and O–H groups in total. The van der Waals surface area contributed by atoms with Crippen LogP contribution in [-0.2, 0) is 69.5 Å². The molecule has 4 saturated heterocycles. The van der Waals surface area contributed by atoms with Crippen LogP contribution in [0.4, 0.5) is 0 Å². The van der Waals surface area contributed by atoms with E-state index in [0.29, 0.717) is 49.9 Å². The molecule has 0 saturated carbocycles. The summed E-state index contributed by atoms with van der Waals surface area (Å²) >= 11 is 0. The van der Waals surface area contributed by atoms with Gasteiger partial charge in [0.1, 0.15) is 53.9 Å². The number of amides is 12. The molecule has 0 spiro atoms. The highest BCUT2D eigenvalue weighted by Gasteiger charge is 2.60. The number of hydrogen-bond acceptors (Lipinski definition) is 13. The van der Waals surface area contributed by atoms with Crippen molar-refractivity contribution in [3.05, 3.63) is 71.3 Å². The summed E-state index contributed by atoms with van der Waals surface area (Å²) in [6.07, 6.45) is 0.865. The number of carbonyl (C=O) groups is 12. The Balaban J connectivity index is 1.34. The Morgan fingerprint density at radius 1 is 0.596 bits per heavy atom. The molecule has 25 nitrogen and oxygen atoms in total. The van der Waals surface area contributed by atoms with Crippen LogP contribution in [0.1, 0.15) is 156 Å². The third-order valence-corrected chi connectivity index (χ3v) is 20.1. The number of piperidine rings is 1. The van der Waals surface area contributed by atoms with Gasteiger partial charge in [0.05, 0.1) is 19.1 Å². The Bertz CT molecular complexity index is 3150. The Hall–Kier alpha value is -7.96. The molecular weight excluding hydrogens is 1200 g/mol. The molecule has 4 fully saturated rings. The molecular formula is C69H102N12O13. The first-order chi connectivity index (χ1) is 44.3. The second kappa shape index (κ2) is 31.1. The van der Waals surface area contributed by atoms with Gasteiger partial charge in [-0.15, -0.1) is 0 Å². The molecule has 2 aromatic carbocycles. The van der Waals surface area contributed by atoms with Crippen molar-refractivity contribution >= 4 is 70.9 Å². The number of carbonyl (C=O) groups excluding carboxylic acids is 12. The van der Waals surface area contributed by atoms with E-state index in [0.717, 1.165) is 6.42 Å². The molecule has 0 aliphatic carbocycles. The maximum atomic E-state index is 15.5. The van der Waals surface area contributed by atoms with E-state index in [2.05, 4.69) is 31.9 Å². The molecule has 5 aliphatic rings. The molecule has 516 valence electrons. The SMILES string of the molecule is CC[C@H](C)[C@@H]1NC(=O)[C@H](CC(C)C)N(C)C(=O)[C@H]2NC(=O)[C@](C)(C2c2ccccc2)N(C)C(=O)C[C@@H](C(=O)N2CCCCC2)NC(=O)[C@@H]2Cc3ccccc3[C@@]([C@@H](C)O)(NC(=O)[C@@H]3CCCN3C(=O)[C@H](CC(C)C)N(C)C(=O)CNC(=O)[C@H](CC(C)C)N(C)C1=O)C(=O)N2. The molecule has 7 rings (SSSR count). The second-order valence-corrected chi connectivity index (χ2v) is 28.1. The lowest BCUT2D eigenvalue weighted by Crippen LogP contribution is -2.66. The third-order valence-electron chi connectivity index (χ3n) is 20.1. The Kier molecular flexibility index (Phi) is 24.3. The lowest BCUT2D eigenvalue weighted by atomic mass is 9.77. The minimum atomic E-state index is -2.27. The van der Waals surface area contributed by atoms with Gasteiger partial charge in [-0.2, -0.15) is 0 Å². The number of aliphatic hydroxyl groups excluding tert-OH is 1. The van der Waals surface area contributed by atoms with E-state index in [1.165, 1.54) is 66.5 Å². The normalized spacial score (nSPS) is 29.6. The van der Waals surface area contributed by atoms with Crippen LogP contribution in [-0.4, -0.2) is 220 Å². The molecule has 0 aromatic heterocycles. The number of rotatable bonds is 11. The van der Waals surface area contributed by atoms with Crippen LogP contribution in [0.2, 0.25) is 0 Å². The molecule has 12 amide bonds. The van der Waals surface area contributed by atoms with E-state index in [-0.39, 0.29) is 62.0 Å². The van der Waals surface area contributed by atoms with E-state index >= 15 is 38.4 Å². The van der Waals surface area contributed by atoms with E-state index in [9.17, 15) is 24.3 Å². The topological polar surface area (TPSA) is 317 Å². The highest BCUT2D eigenvalue weighted by Crippen LogP contribution is 2.42. The van der Waals surface area contributed by atoms with Gasteiger partial charge in [0.25, 0.3) is 5.91 Å². The zero-order chi connectivity index (χ0) is 69.4. The van der Waals surface area contributed by atoms with Crippen molar-refractivity contribution in [3.63, 3.8) is 0 Å². The summed E-state index contributed by atoms with van der Waals surface area (Å²) in [6, 6.07) is 4.68. The average molecular weight is 1310 g/mol. The van der Waals surface area contributed by atoms with E-state index < -0.39 is 161 Å². The Morgan fingerprint density at radius 3 is 1.79 bits per heavy atom. The lowest BCUT2D eigenvalue weighted by molar-refractivity contribution is -0.150. The minimum Gasteiger partial charge on any atom is -0.390 e. The summed E-state index contributed by atoms with van der Waals surface area (Å²) < 4.78 is 0. The summed E-state index contributed by atoms with van der Waals surface area (Å²) in [5.41, 5.74) is -3.16. The summed E-state index contributed by atoms with van der Waals surface area (Å²) in [4.78, 5) is 188. The summed E-state index contributed by atoms with van der Waals surface area (Å²) in [7, 11) is 5.71. The Morgan fingerprint density at radius 2 is 1.18 bits per heavy atom. The first kappa shape index (κ1) is 73.5. The fourth-order valence-corrected chi connectivity index (χ4v) is 14.2. The highest BCUT2D eigenvalue weighted by molar-refractivity contribution is 6.04. The molecule has 25 heteroatoms. The number of fused-ring (bicyclic) bond motifs is 8. The fraction of sp³-hybridized carbons (Fsp3) is 0.652. The molecule has 1 unspecified atom stereocenters. The van der Waals surface area contributed by atoms with Crippen LogP contribution < -0.4 is 31.9 Å². The van der Waals surface area contributed by atoms with Crippen molar-refractivity contribution in [1.82, 2.24) is 61.3 Å². The smallest absolute Gasteiger partial charge is 0.253 e. The van der Waals surface area contributed by atoms with Crippen molar-refractivity contribution in [2.24, 2.45) is 23.7 Å². The number of likely N-dealkylation sites (tertiary alicyclic amines) is 1. The van der Waals surface area contributed by atoms with Crippen LogP contribution in [0.15, 0.2) is 54.6 Å². The zero-order valence-electron chi connectivity index (χ0n) is 57.4. The summed E-state index contributed by atoms with van der Waals surface area (Å²) in [5, 5.41) is 28.9. The van der Waals surface area contributed by atoms with Crippen LogP contribution >= 0.6 is 0 Å². The number of benzene rings is 2. The molecule has 2 aromatic rings. The maximum absolute atomic E-state index is 15.5. The molecule has 0 radical (unpaired) electrons. The molecule has 5 aliphatic heterocycles. The molecule has 4 bridgehead atoms. The monoisotopic (exact) mass is 1310 g/mol. The van der Waals surface area contributed by atoms with Gasteiger partial charge in [0.2, 0.25) is 65.0 Å². The number of likely N-dealkylation sites (N-methyl/N-ethyl adjacent to an activating group) is 4. The van der Waals surface area contributed by atoms with Gasteiger partial charge >= 0.3 is 0 Å². The highest BCUT2D eigenvalue weighted by atomic mass is 16.3. The lowest BCUT2D eigenvalue weighted by Gasteiger charge is -2.40. The van der Waals surface area contributed by atoms with E-state index in [1.807, 2.05) is 48.5 Å². The van der Waals surface area contributed by atoms with Crippen LogP contribution in [0, 0.1) is 23.7 Å². The van der Waals surface area contributed by atoms with Crippen molar-refractivity contribution in [2.75, 3.05) is 54.4 Å². The number of hydrogen-bond donors (Lipinski definition) is 7.